The minimum Gasteiger partial charge on any atom is -0.392 e. The smallest absolute Gasteiger partial charge is 0.229 e. The number of aliphatic hydroxyl groups excluding tert-OH is 2. The van der Waals surface area contributed by atoms with E-state index in [-0.39, 0.29) is 42.2 Å². The number of carbonyl (C=O) groups excluding carboxylic acids is 1. The van der Waals surface area contributed by atoms with E-state index in [1.54, 1.807) is 0 Å². The summed E-state index contributed by atoms with van der Waals surface area (Å²) in [5.74, 6) is 0.392. The van der Waals surface area contributed by atoms with Crippen LogP contribution in [0.3, 0.4) is 0 Å². The molecule has 0 aromatic heterocycles. The maximum Gasteiger partial charge on any atom is 0.229 e. The molecule has 1 spiro atoms. The van der Waals surface area contributed by atoms with Gasteiger partial charge in [-0.1, -0.05) is 29.8 Å². The van der Waals surface area contributed by atoms with Crippen molar-refractivity contribution in [2.24, 2.45) is 11.8 Å². The van der Waals surface area contributed by atoms with Crippen LogP contribution in [0.15, 0.2) is 35.9 Å². The Morgan fingerprint density at radius 2 is 2.15 bits per heavy atom. The molecule has 2 bridgehead atoms. The molecule has 3 saturated heterocycles. The number of benzene rings is 1. The molecule has 4 aliphatic heterocycles. The molecule has 2 N–H and O–H groups in total. The maximum atomic E-state index is 13.0. The molecule has 1 aliphatic carbocycles. The van der Waals surface area contributed by atoms with Crippen LogP contribution in [-0.2, 0) is 10.2 Å². The van der Waals surface area contributed by atoms with E-state index in [4.69, 9.17) is 0 Å². The van der Waals surface area contributed by atoms with Crippen molar-refractivity contribution in [2.75, 3.05) is 24.6 Å². The van der Waals surface area contributed by atoms with Gasteiger partial charge in [-0.05, 0) is 36.9 Å². The van der Waals surface area contributed by atoms with Crippen LogP contribution in [0.2, 0.25) is 0 Å². The van der Waals surface area contributed by atoms with Crippen LogP contribution in [0, 0.1) is 11.8 Å². The highest BCUT2D eigenvalue weighted by molar-refractivity contribution is 5.99. The number of fused-ring (bicyclic) bond motifs is 4. The molecule has 4 heterocycles. The summed E-state index contributed by atoms with van der Waals surface area (Å²) < 4.78 is 0. The van der Waals surface area contributed by atoms with Gasteiger partial charge < -0.3 is 15.1 Å². The van der Waals surface area contributed by atoms with Crippen molar-refractivity contribution in [3.63, 3.8) is 0 Å². The van der Waals surface area contributed by atoms with Crippen LogP contribution in [0.25, 0.3) is 0 Å². The standard InChI is InChI=1S/C21H24N2O3/c24-8-5-12-11-22-7-6-21-14-3-1-2-4-15(14)23-18(26)10-16(25)19(20(21)23)13(12)9-17(21)22/h1-5,13,16-17,19-20,24-25H,6-11H2/b12-5-/t13-,16+,17-,19-,20-,21+/m0/s1. The number of para-hydroxylation sites is 1. The third kappa shape index (κ3) is 1.57. The van der Waals surface area contributed by atoms with Crippen molar-refractivity contribution in [3.8, 4) is 0 Å². The fraction of sp³-hybridized carbons (Fsp3) is 0.571. The molecule has 4 fully saturated rings. The molecule has 1 saturated carbocycles. The summed E-state index contributed by atoms with van der Waals surface area (Å²) in [6.07, 6.45) is 3.64. The fourth-order valence-corrected chi connectivity index (χ4v) is 7.20. The van der Waals surface area contributed by atoms with Crippen molar-refractivity contribution in [2.45, 2.75) is 42.9 Å². The first-order chi connectivity index (χ1) is 12.7. The summed E-state index contributed by atoms with van der Waals surface area (Å²) in [4.78, 5) is 17.6. The first-order valence-corrected chi connectivity index (χ1v) is 9.80. The fourth-order valence-electron chi connectivity index (χ4n) is 7.20. The highest BCUT2D eigenvalue weighted by atomic mass is 16.3. The van der Waals surface area contributed by atoms with E-state index in [1.165, 1.54) is 11.1 Å². The topological polar surface area (TPSA) is 64.0 Å². The van der Waals surface area contributed by atoms with Gasteiger partial charge in [0.25, 0.3) is 0 Å². The van der Waals surface area contributed by atoms with E-state index < -0.39 is 6.10 Å². The first kappa shape index (κ1) is 15.4. The molecule has 5 nitrogen and oxygen atoms in total. The number of anilines is 1. The molecule has 1 aromatic carbocycles. The summed E-state index contributed by atoms with van der Waals surface area (Å²) in [6, 6.07) is 8.90. The second-order valence-electron chi connectivity index (χ2n) is 8.65. The molecule has 136 valence electrons. The van der Waals surface area contributed by atoms with E-state index >= 15 is 0 Å². The number of hydrogen-bond acceptors (Lipinski definition) is 4. The zero-order chi connectivity index (χ0) is 17.6. The Labute approximate surface area is 152 Å². The highest BCUT2D eigenvalue weighted by Crippen LogP contribution is 2.64. The summed E-state index contributed by atoms with van der Waals surface area (Å²) in [6.45, 7) is 1.96. The highest BCUT2D eigenvalue weighted by Gasteiger charge is 2.70. The Bertz CT molecular complexity index is 836. The SMILES string of the molecule is O=C1C[C@@H](O)[C@H]2[C@@H]3N1c1ccccc1[C@@]31CCN3C/C(=C/CO)[C@@H]2C[C@H]31. The van der Waals surface area contributed by atoms with Gasteiger partial charge in [-0.2, -0.15) is 0 Å². The average molecular weight is 352 g/mol. The quantitative estimate of drug-likeness (QED) is 0.742. The number of rotatable bonds is 1. The monoisotopic (exact) mass is 352 g/mol. The third-order valence-corrected chi connectivity index (χ3v) is 7.94. The Morgan fingerprint density at radius 3 is 3.00 bits per heavy atom. The molecule has 6 rings (SSSR count). The molecule has 1 aromatic rings. The van der Waals surface area contributed by atoms with Crippen LogP contribution >= 0.6 is 0 Å². The number of amides is 1. The molecule has 6 atom stereocenters. The number of nitrogens with zero attached hydrogens (tertiary/aromatic N) is 2. The Morgan fingerprint density at radius 1 is 1.31 bits per heavy atom. The molecule has 1 amide bonds. The third-order valence-electron chi connectivity index (χ3n) is 7.94. The number of hydrogen-bond donors (Lipinski definition) is 2. The van der Waals surface area contributed by atoms with Crippen molar-refractivity contribution in [3.05, 3.63) is 41.5 Å². The summed E-state index contributed by atoms with van der Waals surface area (Å²) in [7, 11) is 0. The van der Waals surface area contributed by atoms with Crippen LogP contribution in [0.1, 0.15) is 24.8 Å². The van der Waals surface area contributed by atoms with E-state index in [2.05, 4.69) is 23.1 Å². The van der Waals surface area contributed by atoms with Gasteiger partial charge in [0.15, 0.2) is 0 Å². The lowest BCUT2D eigenvalue weighted by Crippen LogP contribution is -2.69. The van der Waals surface area contributed by atoms with Crippen molar-refractivity contribution >= 4 is 11.6 Å². The predicted molar refractivity (Wildman–Crippen MR) is 96.8 cm³/mol. The Balaban J connectivity index is 1.61. The molecular formula is C21H24N2O3. The molecule has 26 heavy (non-hydrogen) atoms. The average Bonchev–Trinajstić information content (AvgIpc) is 3.17. The minimum absolute atomic E-state index is 0.0421. The molecule has 5 aliphatic rings. The van der Waals surface area contributed by atoms with Gasteiger partial charge in [-0.25, -0.2) is 0 Å². The van der Waals surface area contributed by atoms with E-state index in [9.17, 15) is 15.0 Å². The lowest BCUT2D eigenvalue weighted by Gasteiger charge is -2.58. The van der Waals surface area contributed by atoms with E-state index in [0.29, 0.717) is 6.04 Å². The van der Waals surface area contributed by atoms with E-state index in [0.717, 1.165) is 31.6 Å². The predicted octanol–water partition coefficient (Wildman–Crippen LogP) is 1.05. The molecular weight excluding hydrogens is 328 g/mol. The summed E-state index contributed by atoms with van der Waals surface area (Å²) in [5, 5.41) is 20.5. The first-order valence-electron chi connectivity index (χ1n) is 9.80. The van der Waals surface area contributed by atoms with Crippen LogP contribution in [0.4, 0.5) is 5.69 Å². The lowest BCUT2D eigenvalue weighted by molar-refractivity contribution is -0.129. The van der Waals surface area contributed by atoms with Gasteiger partial charge in [0.2, 0.25) is 5.91 Å². The summed E-state index contributed by atoms with van der Waals surface area (Å²) in [5.41, 5.74) is 3.60. The lowest BCUT2D eigenvalue weighted by atomic mass is 9.53. The van der Waals surface area contributed by atoms with Gasteiger partial charge in [-0.15, -0.1) is 0 Å². The van der Waals surface area contributed by atoms with Crippen molar-refractivity contribution < 1.29 is 15.0 Å². The van der Waals surface area contributed by atoms with Gasteiger partial charge in [0, 0.05) is 29.6 Å². The Kier molecular flexibility index (Phi) is 2.94. The largest absolute Gasteiger partial charge is 0.392 e. The number of aliphatic hydroxyl groups is 2. The van der Waals surface area contributed by atoms with Gasteiger partial charge >= 0.3 is 0 Å². The second-order valence-corrected chi connectivity index (χ2v) is 8.65. The maximum absolute atomic E-state index is 13.0. The van der Waals surface area contributed by atoms with E-state index in [1.807, 2.05) is 17.0 Å². The number of piperidine rings is 2. The summed E-state index contributed by atoms with van der Waals surface area (Å²) >= 11 is 0. The normalized spacial score (nSPS) is 44.4. The van der Waals surface area contributed by atoms with Crippen molar-refractivity contribution in [1.29, 1.82) is 0 Å². The van der Waals surface area contributed by atoms with Gasteiger partial charge in [-0.3, -0.25) is 9.69 Å². The Hall–Kier alpha value is -1.69. The second kappa shape index (κ2) is 4.97. The zero-order valence-corrected chi connectivity index (χ0v) is 14.7. The van der Waals surface area contributed by atoms with Crippen LogP contribution in [0.5, 0.6) is 0 Å². The molecule has 5 heteroatoms. The number of carbonyl (C=O) groups is 1. The molecule has 0 radical (unpaired) electrons. The van der Waals surface area contributed by atoms with Gasteiger partial charge in [0.05, 0.1) is 25.2 Å². The zero-order valence-electron chi connectivity index (χ0n) is 14.7. The van der Waals surface area contributed by atoms with Crippen LogP contribution in [-0.4, -0.2) is 58.9 Å². The van der Waals surface area contributed by atoms with Gasteiger partial charge in [0.1, 0.15) is 0 Å². The van der Waals surface area contributed by atoms with Crippen LogP contribution < -0.4 is 4.90 Å². The molecule has 0 unspecified atom stereocenters. The van der Waals surface area contributed by atoms with Crippen molar-refractivity contribution in [1.82, 2.24) is 4.90 Å². The minimum atomic E-state index is -0.588.